The third-order valence-corrected chi connectivity index (χ3v) is 3.25. The number of piperidine rings is 1. The second kappa shape index (κ2) is 3.66. The molecule has 15 heavy (non-hydrogen) atoms. The summed E-state index contributed by atoms with van der Waals surface area (Å²) in [5, 5.41) is 3.40. The van der Waals surface area contributed by atoms with Gasteiger partial charge in [-0.3, -0.25) is 4.98 Å². The van der Waals surface area contributed by atoms with E-state index >= 15 is 0 Å². The Balaban J connectivity index is 2.02. The Kier molecular flexibility index (Phi) is 2.18. The zero-order valence-electron chi connectivity index (χ0n) is 8.69. The van der Waals surface area contributed by atoms with Crippen LogP contribution < -0.4 is 5.32 Å². The van der Waals surface area contributed by atoms with Crippen molar-refractivity contribution in [2.45, 2.75) is 18.8 Å². The minimum atomic E-state index is 0.705. The van der Waals surface area contributed by atoms with Crippen molar-refractivity contribution >= 4 is 5.52 Å². The largest absolute Gasteiger partial charge is 0.318 e. The molecule has 0 atom stereocenters. The van der Waals surface area contributed by atoms with Crippen molar-refractivity contribution in [3.05, 3.63) is 36.4 Å². The topological polar surface area (TPSA) is 29.3 Å². The first-order valence-electron chi connectivity index (χ1n) is 5.57. The Hall–Kier alpha value is -1.35. The van der Waals surface area contributed by atoms with Gasteiger partial charge < -0.3 is 9.72 Å². The molecule has 1 aliphatic heterocycles. The number of nitrogens with zero attached hydrogens (tertiary/aromatic N) is 2. The second-order valence-electron chi connectivity index (χ2n) is 4.15. The number of nitrogens with one attached hydrogen (secondary N) is 1. The summed E-state index contributed by atoms with van der Waals surface area (Å²) in [5.41, 5.74) is 2.64. The van der Waals surface area contributed by atoms with Crippen molar-refractivity contribution in [2.75, 3.05) is 13.1 Å². The van der Waals surface area contributed by atoms with Crippen LogP contribution in [0.3, 0.4) is 0 Å². The molecular formula is C12H15N3. The lowest BCUT2D eigenvalue weighted by Crippen LogP contribution is -2.27. The van der Waals surface area contributed by atoms with E-state index in [-0.39, 0.29) is 0 Å². The maximum absolute atomic E-state index is 4.14. The zero-order valence-corrected chi connectivity index (χ0v) is 8.69. The summed E-state index contributed by atoms with van der Waals surface area (Å²) in [6.07, 6.45) is 8.33. The fourth-order valence-electron chi connectivity index (χ4n) is 2.43. The average molecular weight is 201 g/mol. The molecular weight excluding hydrogens is 186 g/mol. The van der Waals surface area contributed by atoms with E-state index in [0.29, 0.717) is 5.92 Å². The summed E-state index contributed by atoms with van der Waals surface area (Å²) in [4.78, 5) is 4.14. The van der Waals surface area contributed by atoms with Crippen LogP contribution >= 0.6 is 0 Å². The van der Waals surface area contributed by atoms with E-state index in [4.69, 9.17) is 0 Å². The molecule has 0 radical (unpaired) electrons. The van der Waals surface area contributed by atoms with Gasteiger partial charge in [-0.25, -0.2) is 0 Å². The van der Waals surface area contributed by atoms with Gasteiger partial charge in [-0.1, -0.05) is 0 Å². The van der Waals surface area contributed by atoms with Crippen LogP contribution in [0.15, 0.2) is 30.7 Å². The minimum absolute atomic E-state index is 0.705. The molecule has 0 aromatic carbocycles. The molecule has 0 saturated carbocycles. The van der Waals surface area contributed by atoms with E-state index in [1.807, 2.05) is 12.4 Å². The Labute approximate surface area is 89.1 Å². The van der Waals surface area contributed by atoms with E-state index in [2.05, 4.69) is 33.0 Å². The molecule has 3 heteroatoms. The number of fused-ring (bicyclic) bond motifs is 1. The highest BCUT2D eigenvalue weighted by molar-refractivity contribution is 5.48. The van der Waals surface area contributed by atoms with Crippen LogP contribution in [-0.4, -0.2) is 22.5 Å². The standard InChI is InChI=1S/C12H15N3/c1-2-12(10-3-5-13-6-4-10)15-8-7-14-9-11(1)15/h1-2,7-10,13H,3-6H2. The molecule has 2 aromatic heterocycles. The molecule has 3 rings (SSSR count). The number of hydrogen-bond acceptors (Lipinski definition) is 2. The molecule has 0 spiro atoms. The summed E-state index contributed by atoms with van der Waals surface area (Å²) in [6.45, 7) is 2.28. The summed E-state index contributed by atoms with van der Waals surface area (Å²) in [7, 11) is 0. The van der Waals surface area contributed by atoms with E-state index < -0.39 is 0 Å². The van der Waals surface area contributed by atoms with Crippen molar-refractivity contribution in [1.82, 2.24) is 14.7 Å². The van der Waals surface area contributed by atoms with Crippen LogP contribution in [0.25, 0.3) is 5.52 Å². The second-order valence-corrected chi connectivity index (χ2v) is 4.15. The van der Waals surface area contributed by atoms with Crippen molar-refractivity contribution in [2.24, 2.45) is 0 Å². The predicted octanol–water partition coefficient (Wildman–Crippen LogP) is 1.80. The van der Waals surface area contributed by atoms with Crippen molar-refractivity contribution < 1.29 is 0 Å². The molecule has 0 bridgehead atoms. The fourth-order valence-corrected chi connectivity index (χ4v) is 2.43. The van der Waals surface area contributed by atoms with Crippen LogP contribution in [0.1, 0.15) is 24.5 Å². The highest BCUT2D eigenvalue weighted by Gasteiger charge is 2.17. The van der Waals surface area contributed by atoms with E-state index in [9.17, 15) is 0 Å². The SMILES string of the molecule is c1cn2c(C3CCNCC3)ccc2cn1. The summed E-state index contributed by atoms with van der Waals surface area (Å²) in [5.74, 6) is 0.705. The monoisotopic (exact) mass is 201 g/mol. The third kappa shape index (κ3) is 1.53. The Bertz CT molecular complexity index is 455. The van der Waals surface area contributed by atoms with Crippen LogP contribution in [0, 0.1) is 0 Å². The van der Waals surface area contributed by atoms with Gasteiger partial charge in [-0.05, 0) is 38.1 Å². The number of hydrogen-bond donors (Lipinski definition) is 1. The molecule has 1 fully saturated rings. The summed E-state index contributed by atoms with van der Waals surface area (Å²) >= 11 is 0. The maximum Gasteiger partial charge on any atom is 0.0636 e. The lowest BCUT2D eigenvalue weighted by Gasteiger charge is -2.22. The lowest BCUT2D eigenvalue weighted by atomic mass is 9.95. The molecule has 0 amide bonds. The van der Waals surface area contributed by atoms with Crippen LogP contribution in [0.4, 0.5) is 0 Å². The van der Waals surface area contributed by atoms with Gasteiger partial charge in [-0.15, -0.1) is 0 Å². The molecule has 0 unspecified atom stereocenters. The quantitative estimate of drug-likeness (QED) is 0.762. The molecule has 78 valence electrons. The van der Waals surface area contributed by atoms with Crippen molar-refractivity contribution in [3.8, 4) is 0 Å². The highest BCUT2D eigenvalue weighted by Crippen LogP contribution is 2.26. The first kappa shape index (κ1) is 8.92. The Morgan fingerprint density at radius 2 is 2.13 bits per heavy atom. The third-order valence-electron chi connectivity index (χ3n) is 3.25. The van der Waals surface area contributed by atoms with E-state index in [1.54, 1.807) is 0 Å². The lowest BCUT2D eigenvalue weighted by molar-refractivity contribution is 0.451. The molecule has 0 aliphatic carbocycles. The van der Waals surface area contributed by atoms with Gasteiger partial charge >= 0.3 is 0 Å². The van der Waals surface area contributed by atoms with Gasteiger partial charge in [0.1, 0.15) is 0 Å². The van der Waals surface area contributed by atoms with Crippen LogP contribution in [-0.2, 0) is 0 Å². The maximum atomic E-state index is 4.14. The summed E-state index contributed by atoms with van der Waals surface area (Å²) in [6, 6.07) is 4.40. The molecule has 1 N–H and O–H groups in total. The number of aromatic nitrogens is 2. The van der Waals surface area contributed by atoms with Crippen molar-refractivity contribution in [1.29, 1.82) is 0 Å². The van der Waals surface area contributed by atoms with Crippen LogP contribution in [0.5, 0.6) is 0 Å². The minimum Gasteiger partial charge on any atom is -0.318 e. The molecule has 1 aliphatic rings. The predicted molar refractivity (Wildman–Crippen MR) is 60.0 cm³/mol. The normalized spacial score (nSPS) is 18.4. The van der Waals surface area contributed by atoms with Gasteiger partial charge in [-0.2, -0.15) is 0 Å². The molecule has 1 saturated heterocycles. The van der Waals surface area contributed by atoms with E-state index in [1.165, 1.54) is 24.1 Å². The summed E-state index contributed by atoms with van der Waals surface area (Å²) < 4.78 is 2.27. The molecule has 3 heterocycles. The van der Waals surface area contributed by atoms with Crippen LogP contribution in [0.2, 0.25) is 0 Å². The first-order valence-corrected chi connectivity index (χ1v) is 5.57. The molecule has 3 nitrogen and oxygen atoms in total. The number of rotatable bonds is 1. The average Bonchev–Trinajstić information content (AvgIpc) is 2.74. The zero-order chi connectivity index (χ0) is 10.1. The molecule has 2 aromatic rings. The first-order chi connectivity index (χ1) is 7.45. The Morgan fingerprint density at radius 3 is 3.00 bits per heavy atom. The van der Waals surface area contributed by atoms with Gasteiger partial charge in [0.05, 0.1) is 11.7 Å². The van der Waals surface area contributed by atoms with Gasteiger partial charge in [0.15, 0.2) is 0 Å². The van der Waals surface area contributed by atoms with Crippen molar-refractivity contribution in [3.63, 3.8) is 0 Å². The smallest absolute Gasteiger partial charge is 0.0636 e. The van der Waals surface area contributed by atoms with Gasteiger partial charge in [0.2, 0.25) is 0 Å². The highest BCUT2D eigenvalue weighted by atomic mass is 14.9. The van der Waals surface area contributed by atoms with Gasteiger partial charge in [0.25, 0.3) is 0 Å². The van der Waals surface area contributed by atoms with E-state index in [0.717, 1.165) is 13.1 Å². The fraction of sp³-hybridized carbons (Fsp3) is 0.417. The van der Waals surface area contributed by atoms with Gasteiger partial charge in [0, 0.05) is 24.0 Å². The Morgan fingerprint density at radius 1 is 1.27 bits per heavy atom.